The first kappa shape index (κ1) is 13.8. The van der Waals surface area contributed by atoms with Gasteiger partial charge in [-0.05, 0) is 24.3 Å². The van der Waals surface area contributed by atoms with Crippen LogP contribution >= 0.6 is 0 Å². The van der Waals surface area contributed by atoms with Crippen LogP contribution in [0.2, 0.25) is 0 Å². The average molecular weight is 260 g/mol. The maximum absolute atomic E-state index is 12.1. The van der Waals surface area contributed by atoms with Crippen LogP contribution < -0.4 is 0 Å². The molecule has 0 aliphatic carbocycles. The van der Waals surface area contributed by atoms with Gasteiger partial charge in [0.05, 0.1) is 0 Å². The van der Waals surface area contributed by atoms with E-state index in [1.54, 1.807) is 0 Å². The first-order valence-electron chi connectivity index (χ1n) is 4.69. The lowest BCUT2D eigenvalue weighted by molar-refractivity contribution is 0.407. The molecule has 0 aliphatic rings. The fourth-order valence-corrected chi connectivity index (χ4v) is 0.985. The zero-order valence-corrected chi connectivity index (χ0v) is 8.87. The minimum atomic E-state index is -1.20. The molecule has 2 aromatic rings. The highest BCUT2D eigenvalue weighted by molar-refractivity contribution is 5.23. The van der Waals surface area contributed by atoms with Crippen LogP contribution in [0.5, 0.6) is 11.5 Å². The SMILES string of the molecule is Oc1cccc(F)c1F.Oc1cccc(F)c1F. The van der Waals surface area contributed by atoms with E-state index in [1.165, 1.54) is 12.1 Å². The van der Waals surface area contributed by atoms with E-state index in [-0.39, 0.29) is 0 Å². The Morgan fingerprint density at radius 1 is 0.611 bits per heavy atom. The van der Waals surface area contributed by atoms with E-state index in [0.717, 1.165) is 24.3 Å². The molecule has 0 amide bonds. The first-order chi connectivity index (χ1) is 8.43. The molecule has 2 rings (SSSR count). The van der Waals surface area contributed by atoms with Crippen molar-refractivity contribution in [2.75, 3.05) is 0 Å². The number of halogens is 4. The number of phenols is 2. The molecular weight excluding hydrogens is 252 g/mol. The molecule has 2 N–H and O–H groups in total. The van der Waals surface area contributed by atoms with Crippen LogP contribution in [0, 0.1) is 23.3 Å². The van der Waals surface area contributed by atoms with Crippen LogP contribution in [0.1, 0.15) is 0 Å². The molecule has 0 aliphatic heterocycles. The second-order valence-corrected chi connectivity index (χ2v) is 3.15. The van der Waals surface area contributed by atoms with E-state index in [0.29, 0.717) is 0 Å². The molecule has 0 unspecified atom stereocenters. The van der Waals surface area contributed by atoms with Crippen molar-refractivity contribution in [1.29, 1.82) is 0 Å². The van der Waals surface area contributed by atoms with E-state index >= 15 is 0 Å². The number of aromatic hydroxyl groups is 2. The molecule has 2 nitrogen and oxygen atoms in total. The second-order valence-electron chi connectivity index (χ2n) is 3.15. The maximum Gasteiger partial charge on any atom is 0.200 e. The lowest BCUT2D eigenvalue weighted by Gasteiger charge is -1.92. The quantitative estimate of drug-likeness (QED) is 0.713. The number of rotatable bonds is 0. The summed E-state index contributed by atoms with van der Waals surface area (Å²) in [5.74, 6) is -5.77. The predicted octanol–water partition coefficient (Wildman–Crippen LogP) is 3.34. The van der Waals surface area contributed by atoms with Gasteiger partial charge in [-0.2, -0.15) is 8.78 Å². The highest BCUT2D eigenvalue weighted by atomic mass is 19.2. The highest BCUT2D eigenvalue weighted by Gasteiger charge is 2.04. The van der Waals surface area contributed by atoms with E-state index in [2.05, 4.69) is 0 Å². The zero-order chi connectivity index (χ0) is 13.7. The molecule has 2 aromatic carbocycles. The van der Waals surface area contributed by atoms with Gasteiger partial charge < -0.3 is 10.2 Å². The molecule has 0 heterocycles. The summed E-state index contributed by atoms with van der Waals surface area (Å²) >= 11 is 0. The third kappa shape index (κ3) is 3.38. The van der Waals surface area contributed by atoms with Crippen molar-refractivity contribution >= 4 is 0 Å². The maximum atomic E-state index is 12.1. The molecule has 0 aromatic heterocycles. The molecule has 96 valence electrons. The van der Waals surface area contributed by atoms with Crippen molar-refractivity contribution in [2.45, 2.75) is 0 Å². The second kappa shape index (κ2) is 5.90. The number of benzene rings is 2. The lowest BCUT2D eigenvalue weighted by atomic mass is 10.3. The van der Waals surface area contributed by atoms with E-state index in [9.17, 15) is 17.6 Å². The highest BCUT2D eigenvalue weighted by Crippen LogP contribution is 2.16. The summed E-state index contributed by atoms with van der Waals surface area (Å²) in [7, 11) is 0. The van der Waals surface area contributed by atoms with Crippen molar-refractivity contribution in [3.05, 3.63) is 59.7 Å². The number of hydrogen-bond acceptors (Lipinski definition) is 2. The summed E-state index contributed by atoms with van der Waals surface area (Å²) in [6.07, 6.45) is 0. The van der Waals surface area contributed by atoms with Gasteiger partial charge in [-0.1, -0.05) is 12.1 Å². The van der Waals surface area contributed by atoms with Crippen LogP contribution in [0.15, 0.2) is 36.4 Å². The van der Waals surface area contributed by atoms with Gasteiger partial charge in [0.25, 0.3) is 0 Å². The Kier molecular flexibility index (Phi) is 4.53. The summed E-state index contributed by atoms with van der Waals surface area (Å²) in [6.45, 7) is 0. The minimum Gasteiger partial charge on any atom is -0.505 e. The van der Waals surface area contributed by atoms with Crippen LogP contribution in [0.4, 0.5) is 17.6 Å². The third-order valence-corrected chi connectivity index (χ3v) is 1.86. The van der Waals surface area contributed by atoms with Gasteiger partial charge in [-0.15, -0.1) is 0 Å². The van der Waals surface area contributed by atoms with Gasteiger partial charge in [0.15, 0.2) is 34.8 Å². The molecule has 0 saturated heterocycles. The average Bonchev–Trinajstić information content (AvgIpc) is 2.34. The van der Waals surface area contributed by atoms with Crippen molar-refractivity contribution in [2.24, 2.45) is 0 Å². The molecule has 0 fully saturated rings. The molecule has 0 bridgehead atoms. The molecule has 0 radical (unpaired) electrons. The predicted molar refractivity (Wildman–Crippen MR) is 56.0 cm³/mol. The Balaban J connectivity index is 0.000000180. The molecule has 18 heavy (non-hydrogen) atoms. The van der Waals surface area contributed by atoms with Gasteiger partial charge >= 0.3 is 0 Å². The van der Waals surface area contributed by atoms with Crippen molar-refractivity contribution in [1.82, 2.24) is 0 Å². The largest absolute Gasteiger partial charge is 0.505 e. The molecule has 0 atom stereocenters. The van der Waals surface area contributed by atoms with Crippen LogP contribution in [-0.4, -0.2) is 10.2 Å². The Labute approximate surface area is 99.7 Å². The number of hydrogen-bond donors (Lipinski definition) is 2. The Hall–Kier alpha value is -2.24. The van der Waals surface area contributed by atoms with Crippen molar-refractivity contribution < 1.29 is 27.8 Å². The van der Waals surface area contributed by atoms with Gasteiger partial charge in [0, 0.05) is 0 Å². The standard InChI is InChI=1S/2C6H4F2O/c2*7-4-2-1-3-5(9)6(4)8/h2*1-3,9H. The van der Waals surface area contributed by atoms with Crippen LogP contribution in [0.3, 0.4) is 0 Å². The monoisotopic (exact) mass is 260 g/mol. The summed E-state index contributed by atoms with van der Waals surface area (Å²) < 4.78 is 48.3. The topological polar surface area (TPSA) is 40.5 Å². The Morgan fingerprint density at radius 2 is 0.944 bits per heavy atom. The van der Waals surface area contributed by atoms with Crippen molar-refractivity contribution in [3.63, 3.8) is 0 Å². The van der Waals surface area contributed by atoms with Crippen LogP contribution in [0.25, 0.3) is 0 Å². The zero-order valence-electron chi connectivity index (χ0n) is 8.87. The Morgan fingerprint density at radius 3 is 1.17 bits per heavy atom. The summed E-state index contributed by atoms with van der Waals surface area (Å²) in [4.78, 5) is 0. The molecule has 0 saturated carbocycles. The van der Waals surface area contributed by atoms with Crippen LogP contribution in [-0.2, 0) is 0 Å². The van der Waals surface area contributed by atoms with Crippen molar-refractivity contribution in [3.8, 4) is 11.5 Å². The van der Waals surface area contributed by atoms with E-state index in [4.69, 9.17) is 10.2 Å². The summed E-state index contributed by atoms with van der Waals surface area (Å²) in [5.41, 5.74) is 0. The molecular formula is C12H8F4O2. The molecule has 6 heteroatoms. The van der Waals surface area contributed by atoms with Gasteiger partial charge in [-0.3, -0.25) is 0 Å². The van der Waals surface area contributed by atoms with Gasteiger partial charge in [-0.25, -0.2) is 8.78 Å². The smallest absolute Gasteiger partial charge is 0.200 e. The van der Waals surface area contributed by atoms with Gasteiger partial charge in [0.2, 0.25) is 0 Å². The summed E-state index contributed by atoms with van der Waals surface area (Å²) in [6, 6.07) is 6.50. The third-order valence-electron chi connectivity index (χ3n) is 1.86. The fraction of sp³-hybridized carbons (Fsp3) is 0. The minimum absolute atomic E-state index is 0.657. The molecule has 0 spiro atoms. The van der Waals surface area contributed by atoms with E-state index < -0.39 is 34.8 Å². The Bertz CT molecular complexity index is 454. The number of phenolic OH excluding ortho intramolecular Hbond substituents is 2. The fourth-order valence-electron chi connectivity index (χ4n) is 0.985. The lowest BCUT2D eigenvalue weighted by Crippen LogP contribution is -1.81. The first-order valence-corrected chi connectivity index (χ1v) is 4.69. The van der Waals surface area contributed by atoms with E-state index in [1.807, 2.05) is 0 Å². The normalized spacial score (nSPS) is 9.56. The van der Waals surface area contributed by atoms with Gasteiger partial charge in [0.1, 0.15) is 0 Å². The summed E-state index contributed by atoms with van der Waals surface area (Å²) in [5, 5.41) is 17.0.